The largest absolute Gasteiger partial charge is 0.467 e. The second-order valence-corrected chi connectivity index (χ2v) is 10.3. The Kier molecular flexibility index (Phi) is 18.7. The summed E-state index contributed by atoms with van der Waals surface area (Å²) >= 11 is 1.58. The topological polar surface area (TPSA) is 140 Å². The molecule has 2 aromatic rings. The van der Waals surface area contributed by atoms with Gasteiger partial charge in [-0.3, -0.25) is 14.5 Å². The smallest absolute Gasteiger partial charge is 0.328 e. The van der Waals surface area contributed by atoms with Gasteiger partial charge in [-0.15, -0.1) is 37.2 Å². The summed E-state index contributed by atoms with van der Waals surface area (Å²) < 4.78 is 4.90. The third-order valence-electron chi connectivity index (χ3n) is 6.82. The lowest BCUT2D eigenvalue weighted by Gasteiger charge is -2.36. The molecule has 6 N–H and O–H groups in total. The summed E-state index contributed by atoms with van der Waals surface area (Å²) in [5.41, 5.74) is 12.9. The molecule has 2 unspecified atom stereocenters. The van der Waals surface area contributed by atoms with Crippen LogP contribution in [0.15, 0.2) is 42.5 Å². The molecule has 13 heteroatoms. The zero-order chi connectivity index (χ0) is 26.8. The lowest BCUT2D eigenvalue weighted by molar-refractivity contribution is -0.145. The van der Waals surface area contributed by atoms with Crippen LogP contribution in [-0.4, -0.2) is 85.5 Å². The van der Waals surface area contributed by atoms with Crippen LogP contribution in [0.3, 0.4) is 0 Å². The number of thioether (sulfide) groups is 1. The van der Waals surface area contributed by atoms with Gasteiger partial charge in [0.2, 0.25) is 5.91 Å². The van der Waals surface area contributed by atoms with Crippen molar-refractivity contribution in [1.29, 1.82) is 0 Å². The van der Waals surface area contributed by atoms with Crippen molar-refractivity contribution in [3.8, 4) is 0 Å². The average Bonchev–Trinajstić information content (AvgIpc) is 3.44. The van der Waals surface area contributed by atoms with Gasteiger partial charge in [-0.25, -0.2) is 4.79 Å². The number of nitrogens with zero attached hydrogens (tertiary/aromatic N) is 1. The molecule has 40 heavy (non-hydrogen) atoms. The monoisotopic (exact) mass is 637 g/mol. The lowest BCUT2D eigenvalue weighted by Crippen LogP contribution is -2.59. The molecule has 0 radical (unpaired) electrons. The molecule has 0 spiro atoms. The molecule has 1 heterocycles. The standard InChI is InChI=1S/C27H39N5O4S.3ClH/c1-36-27(35)23(12-14-37-2)31-24(33)17-32(16-19-9-5-8-18-7-3-4-10-20(18)19)25(22-11-6-13-30-22)26(34)21(29)15-28;;;/h3-5,7-10,21-23,25,30H,6,11-17,28-29H2,1-2H3,(H,31,33);3*1H/t21-,22?,23-,25?;;;/m0.../s1. The zero-order valence-electron chi connectivity index (χ0n) is 22.9. The minimum atomic E-state index is -0.838. The van der Waals surface area contributed by atoms with E-state index in [-0.39, 0.29) is 68.0 Å². The van der Waals surface area contributed by atoms with E-state index < -0.39 is 24.1 Å². The summed E-state index contributed by atoms with van der Waals surface area (Å²) in [6, 6.07) is 11.7. The van der Waals surface area contributed by atoms with E-state index in [1.165, 1.54) is 7.11 Å². The minimum Gasteiger partial charge on any atom is -0.467 e. The number of nitrogens with one attached hydrogen (secondary N) is 2. The first kappa shape index (κ1) is 38.4. The maximum atomic E-state index is 13.6. The minimum absolute atomic E-state index is 0. The summed E-state index contributed by atoms with van der Waals surface area (Å²) in [4.78, 5) is 41.1. The fourth-order valence-corrected chi connectivity index (χ4v) is 5.37. The first-order chi connectivity index (χ1) is 17.9. The van der Waals surface area contributed by atoms with Crippen LogP contribution in [0.1, 0.15) is 24.8 Å². The van der Waals surface area contributed by atoms with Crippen molar-refractivity contribution >= 4 is 77.4 Å². The second-order valence-electron chi connectivity index (χ2n) is 9.36. The number of nitrogens with two attached hydrogens (primary N) is 2. The predicted octanol–water partition coefficient (Wildman–Crippen LogP) is 2.29. The van der Waals surface area contributed by atoms with Crippen LogP contribution in [0, 0.1) is 0 Å². The first-order valence-electron chi connectivity index (χ1n) is 12.7. The van der Waals surface area contributed by atoms with Gasteiger partial charge in [-0.2, -0.15) is 11.8 Å². The number of fused-ring (bicyclic) bond motifs is 1. The summed E-state index contributed by atoms with van der Waals surface area (Å²) in [6.07, 6.45) is 4.11. The molecule has 1 saturated heterocycles. The molecular formula is C27H42Cl3N5O4S. The number of methoxy groups -OCH3 is 1. The molecule has 0 bridgehead atoms. The number of hydrogen-bond donors (Lipinski definition) is 4. The third-order valence-corrected chi connectivity index (χ3v) is 7.46. The number of carbonyl (C=O) groups is 3. The Morgan fingerprint density at radius 2 is 1.85 bits per heavy atom. The molecule has 226 valence electrons. The predicted molar refractivity (Wildman–Crippen MR) is 170 cm³/mol. The molecule has 1 fully saturated rings. The van der Waals surface area contributed by atoms with E-state index in [1.54, 1.807) is 11.8 Å². The van der Waals surface area contributed by atoms with E-state index in [4.69, 9.17) is 16.2 Å². The number of halogens is 3. The summed E-state index contributed by atoms with van der Waals surface area (Å²) in [5, 5.41) is 8.38. The van der Waals surface area contributed by atoms with Crippen LogP contribution in [0.4, 0.5) is 0 Å². The van der Waals surface area contributed by atoms with E-state index in [0.29, 0.717) is 18.7 Å². The highest BCUT2D eigenvalue weighted by Crippen LogP contribution is 2.24. The number of Topliss-reactive ketones (excluding diaryl/α,β-unsaturated/α-hetero) is 1. The number of ketones is 1. The Labute approximate surface area is 259 Å². The van der Waals surface area contributed by atoms with Crippen LogP contribution >= 0.6 is 49.0 Å². The Morgan fingerprint density at radius 1 is 1.15 bits per heavy atom. The van der Waals surface area contributed by atoms with Crippen molar-refractivity contribution < 1.29 is 19.1 Å². The molecule has 2 aromatic carbocycles. The zero-order valence-corrected chi connectivity index (χ0v) is 26.1. The van der Waals surface area contributed by atoms with Gasteiger partial charge >= 0.3 is 5.97 Å². The van der Waals surface area contributed by atoms with Crippen LogP contribution in [0.25, 0.3) is 10.8 Å². The number of hydrogen-bond acceptors (Lipinski definition) is 9. The van der Waals surface area contributed by atoms with Gasteiger partial charge in [0, 0.05) is 19.1 Å². The van der Waals surface area contributed by atoms with Crippen LogP contribution in [-0.2, 0) is 25.7 Å². The molecule has 0 aromatic heterocycles. The van der Waals surface area contributed by atoms with E-state index in [0.717, 1.165) is 35.7 Å². The highest BCUT2D eigenvalue weighted by molar-refractivity contribution is 7.98. The second kappa shape index (κ2) is 19.5. The fourth-order valence-electron chi connectivity index (χ4n) is 4.90. The normalized spacial score (nSPS) is 16.6. The first-order valence-corrected chi connectivity index (χ1v) is 14.1. The highest BCUT2D eigenvalue weighted by Gasteiger charge is 2.38. The SMILES string of the molecule is COC(=O)[C@H](CCSC)NC(=O)CN(Cc1cccc2ccccc12)C(C(=O)[C@@H](N)CN)C1CCCN1.Cl.Cl.Cl. The van der Waals surface area contributed by atoms with E-state index >= 15 is 0 Å². The van der Waals surface area contributed by atoms with Crippen LogP contribution in [0.5, 0.6) is 0 Å². The Hall–Kier alpha value is -1.63. The summed E-state index contributed by atoms with van der Waals surface area (Å²) in [7, 11) is 1.31. The number of rotatable bonds is 14. The fraction of sp³-hybridized carbons (Fsp3) is 0.519. The van der Waals surface area contributed by atoms with E-state index in [1.807, 2.05) is 53.6 Å². The number of benzene rings is 2. The van der Waals surface area contributed by atoms with E-state index in [9.17, 15) is 14.4 Å². The molecule has 0 saturated carbocycles. The van der Waals surface area contributed by atoms with Crippen LogP contribution in [0.2, 0.25) is 0 Å². The molecule has 1 amide bonds. The maximum Gasteiger partial charge on any atom is 0.328 e. The summed E-state index contributed by atoms with van der Waals surface area (Å²) in [6.45, 7) is 1.09. The van der Waals surface area contributed by atoms with Gasteiger partial charge in [0.25, 0.3) is 0 Å². The van der Waals surface area contributed by atoms with E-state index in [2.05, 4.69) is 10.6 Å². The molecule has 1 aliphatic rings. The Bertz CT molecular complexity index is 1070. The average molecular weight is 639 g/mol. The number of esters is 1. The maximum absolute atomic E-state index is 13.6. The van der Waals surface area contributed by atoms with Gasteiger partial charge in [-0.05, 0) is 54.2 Å². The van der Waals surface area contributed by atoms with Crippen molar-refractivity contribution in [3.63, 3.8) is 0 Å². The van der Waals surface area contributed by atoms with Gasteiger partial charge in [0.15, 0.2) is 5.78 Å². The van der Waals surface area contributed by atoms with Crippen molar-refractivity contribution in [2.45, 2.75) is 50.0 Å². The van der Waals surface area contributed by atoms with Gasteiger partial charge in [0.05, 0.1) is 25.7 Å². The van der Waals surface area contributed by atoms with Crippen molar-refractivity contribution in [1.82, 2.24) is 15.5 Å². The molecule has 0 aliphatic carbocycles. The van der Waals surface area contributed by atoms with Gasteiger partial charge in [0.1, 0.15) is 6.04 Å². The Balaban J connectivity index is 0.00000507. The van der Waals surface area contributed by atoms with Gasteiger partial charge < -0.3 is 26.8 Å². The summed E-state index contributed by atoms with van der Waals surface area (Å²) in [5.74, 6) is -0.341. The van der Waals surface area contributed by atoms with Crippen molar-refractivity contribution in [2.75, 3.05) is 38.8 Å². The third kappa shape index (κ3) is 10.3. The quantitative estimate of drug-likeness (QED) is 0.230. The molecule has 4 atom stereocenters. The van der Waals surface area contributed by atoms with Gasteiger partial charge in [-0.1, -0.05) is 42.5 Å². The molecule has 3 rings (SSSR count). The number of carbonyl (C=O) groups excluding carboxylic acids is 3. The number of amides is 1. The number of ether oxygens (including phenoxy) is 1. The highest BCUT2D eigenvalue weighted by atomic mass is 35.5. The van der Waals surface area contributed by atoms with Crippen molar-refractivity contribution in [3.05, 3.63) is 48.0 Å². The van der Waals surface area contributed by atoms with Crippen molar-refractivity contribution in [2.24, 2.45) is 11.5 Å². The Morgan fingerprint density at radius 3 is 2.48 bits per heavy atom. The molecule has 9 nitrogen and oxygen atoms in total. The lowest BCUT2D eigenvalue weighted by atomic mass is 9.94. The molecular weight excluding hydrogens is 597 g/mol. The van der Waals surface area contributed by atoms with Crippen LogP contribution < -0.4 is 22.1 Å². The molecule has 1 aliphatic heterocycles.